The fourth-order valence-corrected chi connectivity index (χ4v) is 2.28. The van der Waals surface area contributed by atoms with E-state index in [0.29, 0.717) is 0 Å². The zero-order chi connectivity index (χ0) is 12.4. The van der Waals surface area contributed by atoms with E-state index < -0.39 is 0 Å². The van der Waals surface area contributed by atoms with Crippen molar-refractivity contribution >= 4 is 35.0 Å². The Bertz CT molecular complexity index is 664. The summed E-state index contributed by atoms with van der Waals surface area (Å²) in [5.41, 5.74) is 2.14. The number of fused-ring (bicyclic) bond motifs is 1. The standard InChI is InChI=1S/C16H13NS/c18-17(15-8-2-1-3-9-15)16-11-10-13-6-4-5-7-14(13)12-16/h1-12,18H. The molecule has 0 heterocycles. The topological polar surface area (TPSA) is 3.24 Å². The lowest BCUT2D eigenvalue weighted by atomic mass is 10.1. The van der Waals surface area contributed by atoms with Gasteiger partial charge < -0.3 is 0 Å². The summed E-state index contributed by atoms with van der Waals surface area (Å²) in [7, 11) is 0. The average molecular weight is 251 g/mol. The third kappa shape index (κ3) is 2.07. The van der Waals surface area contributed by atoms with Gasteiger partial charge in [0.15, 0.2) is 0 Å². The van der Waals surface area contributed by atoms with Gasteiger partial charge in [-0.05, 0) is 35.0 Å². The van der Waals surface area contributed by atoms with E-state index in [1.165, 1.54) is 10.8 Å². The first-order valence-corrected chi connectivity index (χ1v) is 6.27. The van der Waals surface area contributed by atoms with Gasteiger partial charge in [-0.15, -0.1) is 0 Å². The number of anilines is 2. The molecule has 0 saturated carbocycles. The summed E-state index contributed by atoms with van der Waals surface area (Å²) in [6.07, 6.45) is 0. The van der Waals surface area contributed by atoms with Crippen molar-refractivity contribution in [2.75, 3.05) is 4.31 Å². The minimum Gasteiger partial charge on any atom is -0.287 e. The Kier molecular flexibility index (Phi) is 2.95. The normalized spacial score (nSPS) is 10.5. The molecule has 2 heteroatoms. The van der Waals surface area contributed by atoms with E-state index in [1.54, 1.807) is 0 Å². The van der Waals surface area contributed by atoms with Gasteiger partial charge in [0.2, 0.25) is 0 Å². The SMILES string of the molecule is SN(c1ccccc1)c1ccc2ccccc2c1. The molecule has 0 fully saturated rings. The lowest BCUT2D eigenvalue weighted by molar-refractivity contribution is 1.45. The summed E-state index contributed by atoms with van der Waals surface area (Å²) in [6, 6.07) is 24.8. The van der Waals surface area contributed by atoms with Gasteiger partial charge in [0.25, 0.3) is 0 Å². The maximum absolute atomic E-state index is 4.57. The summed E-state index contributed by atoms with van der Waals surface area (Å²) in [4.78, 5) is 0. The van der Waals surface area contributed by atoms with Gasteiger partial charge in [0, 0.05) is 0 Å². The molecule has 0 spiro atoms. The highest BCUT2D eigenvalue weighted by molar-refractivity contribution is 7.82. The van der Waals surface area contributed by atoms with Crippen LogP contribution in [0.2, 0.25) is 0 Å². The summed E-state index contributed by atoms with van der Waals surface area (Å²) in [5, 5.41) is 2.47. The van der Waals surface area contributed by atoms with Crippen LogP contribution < -0.4 is 4.31 Å². The predicted octanol–water partition coefficient (Wildman–Crippen LogP) is 4.82. The first-order valence-electron chi connectivity index (χ1n) is 5.87. The molecule has 0 saturated heterocycles. The number of benzene rings is 3. The van der Waals surface area contributed by atoms with E-state index in [0.717, 1.165) is 11.4 Å². The second-order valence-electron chi connectivity index (χ2n) is 4.18. The van der Waals surface area contributed by atoms with E-state index in [-0.39, 0.29) is 0 Å². The molecule has 0 atom stereocenters. The second-order valence-corrected chi connectivity index (χ2v) is 4.58. The van der Waals surface area contributed by atoms with Crippen LogP contribution in [0.15, 0.2) is 72.8 Å². The highest BCUT2D eigenvalue weighted by Gasteiger charge is 2.04. The van der Waals surface area contributed by atoms with Crippen LogP contribution in [0.5, 0.6) is 0 Å². The Morgan fingerprint density at radius 2 is 1.28 bits per heavy atom. The quantitative estimate of drug-likeness (QED) is 0.639. The summed E-state index contributed by atoms with van der Waals surface area (Å²) in [5.74, 6) is 0. The van der Waals surface area contributed by atoms with E-state index in [4.69, 9.17) is 0 Å². The number of hydrogen-bond donors (Lipinski definition) is 1. The molecule has 0 N–H and O–H groups in total. The maximum atomic E-state index is 4.57. The zero-order valence-electron chi connectivity index (χ0n) is 9.82. The Morgan fingerprint density at radius 3 is 2.06 bits per heavy atom. The van der Waals surface area contributed by atoms with Crippen molar-refractivity contribution in [3.8, 4) is 0 Å². The fraction of sp³-hybridized carbons (Fsp3) is 0. The number of para-hydroxylation sites is 1. The smallest absolute Gasteiger partial charge is 0.0529 e. The zero-order valence-corrected chi connectivity index (χ0v) is 10.7. The van der Waals surface area contributed by atoms with Crippen LogP contribution in [-0.4, -0.2) is 0 Å². The second kappa shape index (κ2) is 4.75. The van der Waals surface area contributed by atoms with Gasteiger partial charge in [0.05, 0.1) is 11.4 Å². The first kappa shape index (κ1) is 11.2. The maximum Gasteiger partial charge on any atom is 0.0529 e. The van der Waals surface area contributed by atoms with E-state index in [2.05, 4.69) is 55.3 Å². The number of hydrogen-bond acceptors (Lipinski definition) is 2. The molecule has 0 bridgehead atoms. The van der Waals surface area contributed by atoms with Crippen molar-refractivity contribution in [2.45, 2.75) is 0 Å². The molecular formula is C16H13NS. The largest absolute Gasteiger partial charge is 0.287 e. The monoisotopic (exact) mass is 251 g/mol. The van der Waals surface area contributed by atoms with Gasteiger partial charge in [-0.2, -0.15) is 0 Å². The molecule has 1 nitrogen and oxygen atoms in total. The molecule has 0 unspecified atom stereocenters. The molecule has 0 aliphatic heterocycles. The Labute approximate surface area is 112 Å². The van der Waals surface area contributed by atoms with Gasteiger partial charge in [-0.25, -0.2) is 0 Å². The molecule has 0 aromatic heterocycles. The highest BCUT2D eigenvalue weighted by Crippen LogP contribution is 2.29. The fourth-order valence-electron chi connectivity index (χ4n) is 2.03. The summed E-state index contributed by atoms with van der Waals surface area (Å²) < 4.78 is 1.90. The number of rotatable bonds is 2. The van der Waals surface area contributed by atoms with Crippen LogP contribution in [-0.2, 0) is 0 Å². The summed E-state index contributed by atoms with van der Waals surface area (Å²) >= 11 is 4.57. The molecule has 3 aromatic carbocycles. The van der Waals surface area contributed by atoms with E-state index >= 15 is 0 Å². The first-order chi connectivity index (χ1) is 8.84. The van der Waals surface area contributed by atoms with Crippen molar-refractivity contribution < 1.29 is 0 Å². The van der Waals surface area contributed by atoms with Crippen molar-refractivity contribution in [1.29, 1.82) is 0 Å². The van der Waals surface area contributed by atoms with Gasteiger partial charge in [-0.3, -0.25) is 4.31 Å². The highest BCUT2D eigenvalue weighted by atomic mass is 32.1. The van der Waals surface area contributed by atoms with Crippen LogP contribution in [0.1, 0.15) is 0 Å². The van der Waals surface area contributed by atoms with Crippen LogP contribution in [0.4, 0.5) is 11.4 Å². The van der Waals surface area contributed by atoms with Crippen LogP contribution >= 0.6 is 12.8 Å². The predicted molar refractivity (Wildman–Crippen MR) is 81.5 cm³/mol. The van der Waals surface area contributed by atoms with E-state index in [1.807, 2.05) is 34.6 Å². The third-order valence-corrected chi connectivity index (χ3v) is 3.44. The number of nitrogens with zero attached hydrogens (tertiary/aromatic N) is 1. The van der Waals surface area contributed by atoms with Gasteiger partial charge >= 0.3 is 0 Å². The molecule has 18 heavy (non-hydrogen) atoms. The number of thiol groups is 1. The lowest BCUT2D eigenvalue weighted by Crippen LogP contribution is -2.01. The third-order valence-electron chi connectivity index (χ3n) is 2.98. The van der Waals surface area contributed by atoms with Crippen molar-refractivity contribution in [3.63, 3.8) is 0 Å². The molecule has 0 amide bonds. The molecule has 0 radical (unpaired) electrons. The van der Waals surface area contributed by atoms with Crippen molar-refractivity contribution in [2.24, 2.45) is 0 Å². The van der Waals surface area contributed by atoms with Crippen LogP contribution in [0.25, 0.3) is 10.8 Å². The molecule has 88 valence electrons. The molecule has 3 rings (SSSR count). The Hall–Kier alpha value is -1.93. The van der Waals surface area contributed by atoms with Crippen LogP contribution in [0.3, 0.4) is 0 Å². The minimum absolute atomic E-state index is 1.07. The van der Waals surface area contributed by atoms with Crippen LogP contribution in [0, 0.1) is 0 Å². The molecule has 3 aromatic rings. The molecule has 0 aliphatic carbocycles. The minimum atomic E-state index is 1.07. The summed E-state index contributed by atoms with van der Waals surface area (Å²) in [6.45, 7) is 0. The van der Waals surface area contributed by atoms with E-state index in [9.17, 15) is 0 Å². The molecular weight excluding hydrogens is 238 g/mol. The Balaban J connectivity index is 2.04. The molecule has 0 aliphatic rings. The van der Waals surface area contributed by atoms with Gasteiger partial charge in [0.1, 0.15) is 0 Å². The Morgan fingerprint density at radius 1 is 0.611 bits per heavy atom. The average Bonchev–Trinajstić information content (AvgIpc) is 2.47. The lowest BCUT2D eigenvalue weighted by Gasteiger charge is -2.18. The van der Waals surface area contributed by atoms with Crippen molar-refractivity contribution in [3.05, 3.63) is 72.8 Å². The van der Waals surface area contributed by atoms with Crippen molar-refractivity contribution in [1.82, 2.24) is 0 Å². The van der Waals surface area contributed by atoms with Gasteiger partial charge in [-0.1, -0.05) is 61.3 Å².